The van der Waals surface area contributed by atoms with Gasteiger partial charge in [-0.1, -0.05) is 0 Å². The monoisotopic (exact) mass is 325 g/mol. The molecule has 2 aromatic rings. The molecule has 1 aromatic heterocycles. The van der Waals surface area contributed by atoms with Gasteiger partial charge in [0.2, 0.25) is 5.91 Å². The van der Waals surface area contributed by atoms with Crippen LogP contribution in [0.4, 0.5) is 0 Å². The second kappa shape index (κ2) is 5.96. The molecule has 0 radical (unpaired) electrons. The molecule has 1 fully saturated rings. The van der Waals surface area contributed by atoms with Crippen LogP contribution in [0.25, 0.3) is 10.9 Å². The quantitative estimate of drug-likeness (QED) is 0.889. The summed E-state index contributed by atoms with van der Waals surface area (Å²) in [5.74, 6) is -0.511. The van der Waals surface area contributed by atoms with Crippen molar-refractivity contribution in [1.82, 2.24) is 9.88 Å². The average molecular weight is 325 g/mol. The number of amides is 2. The number of rotatable bonds is 2. The Labute approximate surface area is 141 Å². The third-order valence-corrected chi connectivity index (χ3v) is 5.46. The molecule has 2 amide bonds. The first kappa shape index (κ1) is 15.2. The van der Waals surface area contributed by atoms with Crippen molar-refractivity contribution >= 4 is 22.7 Å². The fourth-order valence-electron chi connectivity index (χ4n) is 4.12. The molecule has 3 N–H and O–H groups in total. The Morgan fingerprint density at radius 1 is 1.17 bits per heavy atom. The Morgan fingerprint density at radius 3 is 2.83 bits per heavy atom. The van der Waals surface area contributed by atoms with Crippen molar-refractivity contribution in [3.05, 3.63) is 35.0 Å². The van der Waals surface area contributed by atoms with Gasteiger partial charge in [-0.05, 0) is 62.3 Å². The summed E-state index contributed by atoms with van der Waals surface area (Å²) in [5.41, 5.74) is 9.95. The highest BCUT2D eigenvalue weighted by Crippen LogP contribution is 2.30. The first-order chi connectivity index (χ1) is 11.6. The third-order valence-electron chi connectivity index (χ3n) is 5.46. The lowest BCUT2D eigenvalue weighted by atomic mass is 9.94. The summed E-state index contributed by atoms with van der Waals surface area (Å²) in [6.07, 6.45) is 6.24. The van der Waals surface area contributed by atoms with E-state index in [1.54, 1.807) is 4.90 Å². The molecule has 5 heteroatoms. The lowest BCUT2D eigenvalue weighted by molar-refractivity contribution is -0.123. The zero-order chi connectivity index (χ0) is 16.7. The molecule has 1 unspecified atom stereocenters. The molecule has 0 bridgehead atoms. The minimum absolute atomic E-state index is 0.00797. The van der Waals surface area contributed by atoms with Gasteiger partial charge in [0.25, 0.3) is 5.91 Å². The molecule has 0 spiro atoms. The van der Waals surface area contributed by atoms with E-state index < -0.39 is 0 Å². The fraction of sp³-hybridized carbons (Fsp3) is 0.474. The molecule has 1 aromatic carbocycles. The Kier molecular flexibility index (Phi) is 3.79. The molecule has 1 aliphatic heterocycles. The van der Waals surface area contributed by atoms with Gasteiger partial charge in [-0.3, -0.25) is 9.59 Å². The average Bonchev–Trinajstić information content (AvgIpc) is 2.99. The number of nitrogens with one attached hydrogen (secondary N) is 1. The SMILES string of the molecule is NC(=O)C1CCCN(C(=O)c2ccc3[nH]c4c(c3c2)CCCC4)C1. The van der Waals surface area contributed by atoms with Gasteiger partial charge < -0.3 is 15.6 Å². The number of aromatic amines is 1. The van der Waals surface area contributed by atoms with Crippen LogP contribution < -0.4 is 5.73 Å². The standard InChI is InChI=1S/C19H23N3O2/c20-18(23)13-4-3-9-22(11-13)19(24)12-7-8-17-15(10-12)14-5-1-2-6-16(14)21-17/h7-8,10,13,21H,1-6,9,11H2,(H2,20,23). The number of hydrogen-bond acceptors (Lipinski definition) is 2. The predicted octanol–water partition coefficient (Wildman–Crippen LogP) is 2.38. The van der Waals surface area contributed by atoms with Gasteiger partial charge >= 0.3 is 0 Å². The van der Waals surface area contributed by atoms with Crippen molar-refractivity contribution in [3.8, 4) is 0 Å². The maximum atomic E-state index is 12.9. The van der Waals surface area contributed by atoms with E-state index in [9.17, 15) is 9.59 Å². The number of benzene rings is 1. The van der Waals surface area contributed by atoms with Crippen molar-refractivity contribution < 1.29 is 9.59 Å². The van der Waals surface area contributed by atoms with E-state index in [4.69, 9.17) is 5.73 Å². The first-order valence-electron chi connectivity index (χ1n) is 8.85. The van der Waals surface area contributed by atoms with Gasteiger partial charge in [0, 0.05) is 35.2 Å². The number of aryl methyl sites for hydroxylation is 2. The third kappa shape index (κ3) is 2.58. The number of primary amides is 1. The number of carbonyl (C=O) groups is 2. The second-order valence-corrected chi connectivity index (χ2v) is 7.04. The zero-order valence-electron chi connectivity index (χ0n) is 13.8. The molecular formula is C19H23N3O2. The van der Waals surface area contributed by atoms with E-state index in [0.717, 1.165) is 31.2 Å². The number of hydrogen-bond donors (Lipinski definition) is 2. The van der Waals surface area contributed by atoms with Crippen molar-refractivity contribution in [1.29, 1.82) is 0 Å². The van der Waals surface area contributed by atoms with E-state index in [2.05, 4.69) is 4.98 Å². The molecule has 0 saturated carbocycles. The molecule has 4 rings (SSSR count). The van der Waals surface area contributed by atoms with Crippen LogP contribution in [-0.4, -0.2) is 34.8 Å². The maximum Gasteiger partial charge on any atom is 0.253 e. The Hall–Kier alpha value is -2.30. The number of likely N-dealkylation sites (tertiary alicyclic amines) is 1. The molecule has 1 atom stereocenters. The molecule has 5 nitrogen and oxygen atoms in total. The van der Waals surface area contributed by atoms with Crippen LogP contribution in [0.5, 0.6) is 0 Å². The van der Waals surface area contributed by atoms with Gasteiger partial charge in [-0.25, -0.2) is 0 Å². The van der Waals surface area contributed by atoms with E-state index in [0.29, 0.717) is 18.7 Å². The van der Waals surface area contributed by atoms with Crippen LogP contribution in [0, 0.1) is 5.92 Å². The minimum Gasteiger partial charge on any atom is -0.369 e. The number of piperidine rings is 1. The summed E-state index contributed by atoms with van der Waals surface area (Å²) >= 11 is 0. The molecule has 1 aliphatic carbocycles. The van der Waals surface area contributed by atoms with Gasteiger partial charge in [-0.2, -0.15) is 0 Å². The smallest absolute Gasteiger partial charge is 0.253 e. The van der Waals surface area contributed by atoms with Crippen LogP contribution in [0.1, 0.15) is 47.3 Å². The normalized spacial score (nSPS) is 20.8. The van der Waals surface area contributed by atoms with E-state index in [-0.39, 0.29) is 17.7 Å². The van der Waals surface area contributed by atoms with Gasteiger partial charge in [0.15, 0.2) is 0 Å². The summed E-state index contributed by atoms with van der Waals surface area (Å²) in [7, 11) is 0. The largest absolute Gasteiger partial charge is 0.369 e. The summed E-state index contributed by atoms with van der Waals surface area (Å²) < 4.78 is 0. The van der Waals surface area contributed by atoms with Crippen molar-refractivity contribution in [2.24, 2.45) is 11.7 Å². The predicted molar refractivity (Wildman–Crippen MR) is 92.8 cm³/mol. The van der Waals surface area contributed by atoms with Crippen molar-refractivity contribution in [2.75, 3.05) is 13.1 Å². The Bertz CT molecular complexity index is 808. The van der Waals surface area contributed by atoms with Gasteiger partial charge in [0.1, 0.15) is 0 Å². The summed E-state index contributed by atoms with van der Waals surface area (Å²) in [6, 6.07) is 5.92. The summed E-state index contributed by atoms with van der Waals surface area (Å²) in [4.78, 5) is 29.6. The molecule has 1 saturated heterocycles. The molecule has 126 valence electrons. The fourth-order valence-corrected chi connectivity index (χ4v) is 4.12. The molecule has 2 heterocycles. The Balaban J connectivity index is 1.63. The lowest BCUT2D eigenvalue weighted by Gasteiger charge is -2.31. The molecule has 24 heavy (non-hydrogen) atoms. The minimum atomic E-state index is -0.303. The highest BCUT2D eigenvalue weighted by Gasteiger charge is 2.28. The number of nitrogens with two attached hydrogens (primary N) is 1. The van der Waals surface area contributed by atoms with Crippen molar-refractivity contribution in [3.63, 3.8) is 0 Å². The maximum absolute atomic E-state index is 12.9. The molecule has 2 aliphatic rings. The van der Waals surface area contributed by atoms with E-state index >= 15 is 0 Å². The zero-order valence-corrected chi connectivity index (χ0v) is 13.8. The van der Waals surface area contributed by atoms with E-state index in [1.807, 2.05) is 18.2 Å². The number of carbonyl (C=O) groups excluding carboxylic acids is 2. The highest BCUT2D eigenvalue weighted by atomic mass is 16.2. The second-order valence-electron chi connectivity index (χ2n) is 7.04. The van der Waals surface area contributed by atoms with Gasteiger partial charge in [0.05, 0.1) is 5.92 Å². The van der Waals surface area contributed by atoms with Crippen LogP contribution in [-0.2, 0) is 17.6 Å². The van der Waals surface area contributed by atoms with Gasteiger partial charge in [-0.15, -0.1) is 0 Å². The number of nitrogens with zero attached hydrogens (tertiary/aromatic N) is 1. The van der Waals surface area contributed by atoms with E-state index in [1.165, 1.54) is 29.5 Å². The first-order valence-corrected chi connectivity index (χ1v) is 8.85. The van der Waals surface area contributed by atoms with Crippen LogP contribution in [0.3, 0.4) is 0 Å². The lowest BCUT2D eigenvalue weighted by Crippen LogP contribution is -2.44. The van der Waals surface area contributed by atoms with Crippen LogP contribution in [0.2, 0.25) is 0 Å². The van der Waals surface area contributed by atoms with Crippen LogP contribution in [0.15, 0.2) is 18.2 Å². The highest BCUT2D eigenvalue weighted by molar-refractivity contribution is 5.99. The molecular weight excluding hydrogens is 302 g/mol. The number of aromatic nitrogens is 1. The number of fused-ring (bicyclic) bond motifs is 3. The van der Waals surface area contributed by atoms with Crippen LogP contribution >= 0.6 is 0 Å². The number of H-pyrrole nitrogens is 1. The summed E-state index contributed by atoms with van der Waals surface area (Å²) in [5, 5.41) is 1.18. The Morgan fingerprint density at radius 2 is 2.00 bits per heavy atom. The van der Waals surface area contributed by atoms with Crippen molar-refractivity contribution in [2.45, 2.75) is 38.5 Å². The summed E-state index contributed by atoms with van der Waals surface area (Å²) in [6.45, 7) is 1.14. The topological polar surface area (TPSA) is 79.2 Å².